The minimum Gasteiger partial charge on any atom is -0.0496 e. The van der Waals surface area contributed by atoms with Gasteiger partial charge in [-0.05, 0) is 124 Å². The molecule has 6 saturated carbocycles. The topological polar surface area (TPSA) is 0 Å². The van der Waals surface area contributed by atoms with Gasteiger partial charge in [0.1, 0.15) is 0 Å². The van der Waals surface area contributed by atoms with Gasteiger partial charge in [-0.25, -0.2) is 0 Å². The number of fused-ring (bicyclic) bond motifs is 10. The summed E-state index contributed by atoms with van der Waals surface area (Å²) in [7, 11) is 0. The molecule has 1 heteroatoms. The van der Waals surface area contributed by atoms with E-state index in [1.54, 1.807) is 23.7 Å². The number of hydrogen-bond donors (Lipinski definition) is 0. The normalized spacial score (nSPS) is 44.6. The summed E-state index contributed by atoms with van der Waals surface area (Å²) < 4.78 is 0. The van der Waals surface area contributed by atoms with Gasteiger partial charge in [0.15, 0.2) is 0 Å². The van der Waals surface area contributed by atoms with E-state index in [-0.39, 0.29) is 19.8 Å². The second kappa shape index (κ2) is 5.93. The van der Waals surface area contributed by atoms with Crippen molar-refractivity contribution in [1.82, 2.24) is 0 Å². The Morgan fingerprint density at radius 3 is 1.10 bits per heavy atom. The van der Waals surface area contributed by atoms with Crippen LogP contribution in [0.2, 0.25) is 0 Å². The van der Waals surface area contributed by atoms with E-state index in [1.165, 1.54) is 38.5 Å². The van der Waals surface area contributed by atoms with Crippen LogP contribution in [0, 0.1) is 85.9 Å². The largest absolute Gasteiger partial charge is 0.0496 e. The maximum absolute atomic E-state index is 2.32. The van der Waals surface area contributed by atoms with Crippen LogP contribution in [-0.4, -0.2) is 0 Å². The van der Waals surface area contributed by atoms with E-state index in [4.69, 9.17) is 0 Å². The summed E-state index contributed by atoms with van der Waals surface area (Å²) in [6.45, 7) is 0. The molecule has 6 aliphatic carbocycles. The first-order valence-electron chi connectivity index (χ1n) is 8.41. The standard InChI is InChI=1S/2C10H11.Os/c2*1-2-9-7-4-5-8(6-7)10(9)3-1;/h2*1-3,7-8H,4-6H2;. The molecular formula is C20H22Os. The second-order valence-corrected chi connectivity index (χ2v) is 7.29. The Hall–Kier alpha value is 0.636. The van der Waals surface area contributed by atoms with Crippen LogP contribution in [0.5, 0.6) is 0 Å². The minimum absolute atomic E-state index is 0. The summed E-state index contributed by atoms with van der Waals surface area (Å²) in [5.74, 6) is 10.5. The van der Waals surface area contributed by atoms with Crippen LogP contribution < -0.4 is 0 Å². The van der Waals surface area contributed by atoms with Gasteiger partial charge in [-0.3, -0.25) is 0 Å². The van der Waals surface area contributed by atoms with Crippen molar-refractivity contribution < 1.29 is 19.8 Å². The summed E-state index contributed by atoms with van der Waals surface area (Å²) in [5, 5.41) is 0. The van der Waals surface area contributed by atoms with Crippen molar-refractivity contribution in [3.05, 3.63) is 62.2 Å². The third-order valence-corrected chi connectivity index (χ3v) is 6.39. The van der Waals surface area contributed by atoms with Gasteiger partial charge in [0, 0.05) is 19.8 Å². The van der Waals surface area contributed by atoms with E-state index in [2.05, 4.69) is 38.5 Å². The van der Waals surface area contributed by atoms with Crippen LogP contribution in [0.15, 0.2) is 0 Å². The van der Waals surface area contributed by atoms with Crippen LogP contribution in [-0.2, 0) is 19.8 Å². The van der Waals surface area contributed by atoms with Crippen molar-refractivity contribution in [1.29, 1.82) is 0 Å². The molecule has 0 heterocycles. The first kappa shape index (κ1) is 15.2. The van der Waals surface area contributed by atoms with Crippen LogP contribution in [0.3, 0.4) is 0 Å². The van der Waals surface area contributed by atoms with Crippen LogP contribution >= 0.6 is 0 Å². The maximum atomic E-state index is 2.32. The van der Waals surface area contributed by atoms with Crippen molar-refractivity contribution in [3.8, 4) is 0 Å². The summed E-state index contributed by atoms with van der Waals surface area (Å²) in [5.41, 5.74) is 0. The van der Waals surface area contributed by atoms with Crippen molar-refractivity contribution in [2.24, 2.45) is 23.7 Å². The molecule has 0 amide bonds. The Morgan fingerprint density at radius 2 is 0.810 bits per heavy atom. The van der Waals surface area contributed by atoms with E-state index in [0.717, 1.165) is 23.7 Å². The molecule has 6 aliphatic rings. The fraction of sp³-hybridized carbons (Fsp3) is 0.500. The predicted molar refractivity (Wildman–Crippen MR) is 80.4 cm³/mol. The SMILES string of the molecule is [CH]1[CH][C]2[C]([CH]1)C1CCC2C1.[CH]1[CH][C]2[C]([CH]1)C1CCC2C1.[Os]. The van der Waals surface area contributed by atoms with E-state index in [0.29, 0.717) is 0 Å². The van der Waals surface area contributed by atoms with Gasteiger partial charge in [0.25, 0.3) is 0 Å². The van der Waals surface area contributed by atoms with Gasteiger partial charge >= 0.3 is 0 Å². The summed E-state index contributed by atoms with van der Waals surface area (Å²) in [4.78, 5) is 0. The molecule has 0 nitrogen and oxygen atoms in total. The summed E-state index contributed by atoms with van der Waals surface area (Å²) in [6.07, 6.45) is 22.5. The summed E-state index contributed by atoms with van der Waals surface area (Å²) >= 11 is 0. The zero-order valence-corrected chi connectivity index (χ0v) is 14.9. The second-order valence-electron chi connectivity index (χ2n) is 7.29. The molecule has 6 rings (SSSR count). The Kier molecular flexibility index (Phi) is 4.29. The fourth-order valence-corrected chi connectivity index (χ4v) is 5.48. The third-order valence-electron chi connectivity index (χ3n) is 6.39. The zero-order valence-electron chi connectivity index (χ0n) is 12.4. The quantitative estimate of drug-likeness (QED) is 0.512. The van der Waals surface area contributed by atoms with Crippen LogP contribution in [0.4, 0.5) is 0 Å². The molecule has 110 valence electrons. The first-order valence-corrected chi connectivity index (χ1v) is 8.41. The van der Waals surface area contributed by atoms with Gasteiger partial charge in [0.2, 0.25) is 0 Å². The first-order chi connectivity index (χ1) is 9.90. The molecule has 21 heavy (non-hydrogen) atoms. The third kappa shape index (κ3) is 2.40. The molecular weight excluding hydrogens is 430 g/mol. The molecule has 4 bridgehead atoms. The van der Waals surface area contributed by atoms with Gasteiger partial charge in [-0.15, -0.1) is 0 Å². The number of hydrogen-bond acceptors (Lipinski definition) is 0. The fourth-order valence-electron chi connectivity index (χ4n) is 5.48. The van der Waals surface area contributed by atoms with Gasteiger partial charge in [0.05, 0.1) is 0 Å². The molecule has 0 N–H and O–H groups in total. The van der Waals surface area contributed by atoms with E-state index in [1.807, 2.05) is 0 Å². The predicted octanol–water partition coefficient (Wildman–Crippen LogP) is 4.38. The number of rotatable bonds is 0. The molecule has 0 aromatic carbocycles. The molecule has 6 fully saturated rings. The molecule has 0 aromatic rings. The van der Waals surface area contributed by atoms with Gasteiger partial charge in [-0.2, -0.15) is 0 Å². The zero-order chi connectivity index (χ0) is 13.1. The van der Waals surface area contributed by atoms with Gasteiger partial charge < -0.3 is 0 Å². The van der Waals surface area contributed by atoms with E-state index >= 15 is 0 Å². The molecule has 10 radical (unpaired) electrons. The van der Waals surface area contributed by atoms with Crippen LogP contribution in [0.1, 0.15) is 38.5 Å². The Balaban J connectivity index is 0.000000105. The average molecular weight is 453 g/mol. The monoisotopic (exact) mass is 454 g/mol. The van der Waals surface area contributed by atoms with Crippen molar-refractivity contribution >= 4 is 0 Å². The molecule has 0 aliphatic heterocycles. The van der Waals surface area contributed by atoms with Crippen molar-refractivity contribution in [2.75, 3.05) is 0 Å². The Labute approximate surface area is 144 Å². The molecule has 0 saturated heterocycles. The minimum atomic E-state index is 0. The van der Waals surface area contributed by atoms with Crippen molar-refractivity contribution in [3.63, 3.8) is 0 Å². The van der Waals surface area contributed by atoms with Gasteiger partial charge in [-0.1, -0.05) is 0 Å². The maximum Gasteiger partial charge on any atom is 0 e. The Morgan fingerprint density at radius 1 is 0.524 bits per heavy atom. The van der Waals surface area contributed by atoms with Crippen LogP contribution in [0.25, 0.3) is 0 Å². The molecule has 4 unspecified atom stereocenters. The smallest absolute Gasteiger partial charge is 0 e. The van der Waals surface area contributed by atoms with E-state index < -0.39 is 0 Å². The van der Waals surface area contributed by atoms with Crippen molar-refractivity contribution in [2.45, 2.75) is 38.5 Å². The molecule has 4 atom stereocenters. The summed E-state index contributed by atoms with van der Waals surface area (Å²) in [6, 6.07) is 0. The molecule has 0 aromatic heterocycles. The van der Waals surface area contributed by atoms with E-state index in [9.17, 15) is 0 Å². The average Bonchev–Trinajstić information content (AvgIpc) is 3.28. The molecule has 0 spiro atoms. The Bertz CT molecular complexity index is 310.